The molecule has 0 aliphatic carbocycles. The molecule has 2 aromatic heterocycles. The van der Waals surface area contributed by atoms with E-state index in [1.165, 1.54) is 18.4 Å². The van der Waals surface area contributed by atoms with Crippen LogP contribution in [-0.2, 0) is 13.1 Å². The first kappa shape index (κ1) is 20.8. The molecule has 1 aromatic carbocycles. The van der Waals surface area contributed by atoms with Crippen molar-refractivity contribution < 1.29 is 9.32 Å². The van der Waals surface area contributed by atoms with E-state index in [0.717, 1.165) is 30.4 Å². The van der Waals surface area contributed by atoms with Gasteiger partial charge in [-0.2, -0.15) is 4.98 Å². The highest BCUT2D eigenvalue weighted by molar-refractivity contribution is 7.13. The van der Waals surface area contributed by atoms with Crippen molar-refractivity contribution in [2.45, 2.75) is 39.8 Å². The second-order valence-electron chi connectivity index (χ2n) is 7.99. The number of aromatic nitrogens is 2. The monoisotopic (exact) mass is 424 g/mol. The fourth-order valence-corrected chi connectivity index (χ4v) is 4.59. The SMILES string of the molecule is CCN(Cc1nc(-c2cccs2)no1)C(=O)c1ccc(CN2CCC[C@H](C)C2)cc1. The topological polar surface area (TPSA) is 62.5 Å². The fraction of sp³-hybridized carbons (Fsp3) is 0.435. The summed E-state index contributed by atoms with van der Waals surface area (Å²) in [6.07, 6.45) is 2.60. The number of thiophene rings is 1. The molecular formula is C23H28N4O2S. The molecule has 1 aliphatic heterocycles. The number of amides is 1. The molecule has 0 unspecified atom stereocenters. The summed E-state index contributed by atoms with van der Waals surface area (Å²) in [5.74, 6) is 1.76. The number of rotatable bonds is 7. The number of hydrogen-bond acceptors (Lipinski definition) is 6. The van der Waals surface area contributed by atoms with E-state index >= 15 is 0 Å². The molecule has 3 aromatic rings. The van der Waals surface area contributed by atoms with Gasteiger partial charge in [0.2, 0.25) is 11.7 Å². The maximum Gasteiger partial charge on any atom is 0.254 e. The molecule has 158 valence electrons. The Morgan fingerprint density at radius 2 is 2.13 bits per heavy atom. The van der Waals surface area contributed by atoms with Crippen molar-refractivity contribution in [3.05, 3.63) is 58.8 Å². The molecule has 7 heteroatoms. The molecule has 1 fully saturated rings. The minimum absolute atomic E-state index is 0.0217. The summed E-state index contributed by atoms with van der Waals surface area (Å²) in [5.41, 5.74) is 1.94. The van der Waals surface area contributed by atoms with E-state index in [-0.39, 0.29) is 5.91 Å². The molecule has 30 heavy (non-hydrogen) atoms. The third-order valence-electron chi connectivity index (χ3n) is 5.55. The van der Waals surface area contributed by atoms with Gasteiger partial charge in [-0.1, -0.05) is 30.3 Å². The van der Waals surface area contributed by atoms with Gasteiger partial charge in [-0.3, -0.25) is 9.69 Å². The van der Waals surface area contributed by atoms with Gasteiger partial charge < -0.3 is 9.42 Å². The highest BCUT2D eigenvalue weighted by atomic mass is 32.1. The Kier molecular flexibility index (Phi) is 6.59. The standard InChI is InChI=1S/C23H28N4O2S/c1-3-27(16-21-24-22(25-29-21)20-7-5-13-30-20)23(28)19-10-8-18(9-11-19)15-26-12-4-6-17(2)14-26/h5,7-11,13,17H,3-4,6,12,14-16H2,1-2H3/t17-/m0/s1. The molecule has 4 rings (SSSR count). The van der Waals surface area contributed by atoms with Crippen LogP contribution in [0.3, 0.4) is 0 Å². The lowest BCUT2D eigenvalue weighted by Crippen LogP contribution is -2.33. The van der Waals surface area contributed by atoms with E-state index < -0.39 is 0 Å². The van der Waals surface area contributed by atoms with Crippen molar-refractivity contribution in [2.24, 2.45) is 5.92 Å². The van der Waals surface area contributed by atoms with E-state index in [0.29, 0.717) is 30.4 Å². The number of benzene rings is 1. The highest BCUT2D eigenvalue weighted by Gasteiger charge is 2.19. The number of piperidine rings is 1. The molecule has 0 spiro atoms. The number of hydrogen-bond donors (Lipinski definition) is 0. The van der Waals surface area contributed by atoms with Gasteiger partial charge in [-0.25, -0.2) is 0 Å². The Bertz CT molecular complexity index is 952. The van der Waals surface area contributed by atoms with Crippen molar-refractivity contribution >= 4 is 17.2 Å². The third kappa shape index (κ3) is 4.96. The van der Waals surface area contributed by atoms with Crippen molar-refractivity contribution in [3.63, 3.8) is 0 Å². The second kappa shape index (κ2) is 9.53. The van der Waals surface area contributed by atoms with E-state index in [2.05, 4.69) is 34.1 Å². The number of nitrogens with zero attached hydrogens (tertiary/aromatic N) is 4. The van der Waals surface area contributed by atoms with Crippen molar-refractivity contribution in [3.8, 4) is 10.7 Å². The van der Waals surface area contributed by atoms with E-state index in [9.17, 15) is 4.79 Å². The normalized spacial score (nSPS) is 17.2. The molecule has 1 amide bonds. The highest BCUT2D eigenvalue weighted by Crippen LogP contribution is 2.22. The maximum absolute atomic E-state index is 13.0. The van der Waals surface area contributed by atoms with Crippen LogP contribution >= 0.6 is 11.3 Å². The van der Waals surface area contributed by atoms with E-state index in [1.54, 1.807) is 16.2 Å². The number of carbonyl (C=O) groups excluding carboxylic acids is 1. The quantitative estimate of drug-likeness (QED) is 0.550. The zero-order valence-corrected chi connectivity index (χ0v) is 18.4. The first-order chi connectivity index (χ1) is 14.6. The Labute approximate surface area is 181 Å². The van der Waals surface area contributed by atoms with Crippen molar-refractivity contribution in [2.75, 3.05) is 19.6 Å². The fourth-order valence-electron chi connectivity index (χ4n) is 3.94. The summed E-state index contributed by atoms with van der Waals surface area (Å²) in [6, 6.07) is 11.9. The molecule has 1 saturated heterocycles. The zero-order valence-electron chi connectivity index (χ0n) is 17.6. The van der Waals surface area contributed by atoms with Gasteiger partial charge in [0, 0.05) is 25.2 Å². The van der Waals surface area contributed by atoms with Gasteiger partial charge in [0.25, 0.3) is 5.91 Å². The lowest BCUT2D eigenvalue weighted by molar-refractivity contribution is 0.0734. The lowest BCUT2D eigenvalue weighted by atomic mass is 9.99. The predicted molar refractivity (Wildman–Crippen MR) is 118 cm³/mol. The minimum Gasteiger partial charge on any atom is -0.337 e. The Balaban J connectivity index is 1.38. The first-order valence-corrected chi connectivity index (χ1v) is 11.5. The maximum atomic E-state index is 13.0. The molecular weight excluding hydrogens is 396 g/mol. The summed E-state index contributed by atoms with van der Waals surface area (Å²) in [7, 11) is 0. The zero-order chi connectivity index (χ0) is 20.9. The summed E-state index contributed by atoms with van der Waals surface area (Å²) < 4.78 is 5.37. The Morgan fingerprint density at radius 3 is 2.83 bits per heavy atom. The van der Waals surface area contributed by atoms with Crippen LogP contribution in [0.25, 0.3) is 10.7 Å². The molecule has 0 saturated carbocycles. The molecule has 3 heterocycles. The molecule has 1 atom stereocenters. The summed E-state index contributed by atoms with van der Waals surface area (Å²) in [6.45, 7) is 8.42. The Morgan fingerprint density at radius 1 is 1.30 bits per heavy atom. The summed E-state index contributed by atoms with van der Waals surface area (Å²) in [5, 5.41) is 6.01. The van der Waals surface area contributed by atoms with Gasteiger partial charge in [-0.05, 0) is 61.4 Å². The van der Waals surface area contributed by atoms with Gasteiger partial charge in [0.1, 0.15) is 6.54 Å². The lowest BCUT2D eigenvalue weighted by Gasteiger charge is -2.30. The van der Waals surface area contributed by atoms with E-state index in [4.69, 9.17) is 4.52 Å². The van der Waals surface area contributed by atoms with Crippen LogP contribution in [0, 0.1) is 5.92 Å². The average molecular weight is 425 g/mol. The first-order valence-electron chi connectivity index (χ1n) is 10.6. The van der Waals surface area contributed by atoms with Crippen LogP contribution in [-0.4, -0.2) is 45.5 Å². The largest absolute Gasteiger partial charge is 0.337 e. The van der Waals surface area contributed by atoms with Gasteiger partial charge in [0.05, 0.1) is 4.88 Å². The van der Waals surface area contributed by atoms with Crippen LogP contribution < -0.4 is 0 Å². The second-order valence-corrected chi connectivity index (χ2v) is 8.94. The molecule has 0 radical (unpaired) electrons. The number of likely N-dealkylation sites (tertiary alicyclic amines) is 1. The van der Waals surface area contributed by atoms with Crippen LogP contribution in [0.15, 0.2) is 46.3 Å². The van der Waals surface area contributed by atoms with Crippen LogP contribution in [0.2, 0.25) is 0 Å². The van der Waals surface area contributed by atoms with Crippen LogP contribution in [0.1, 0.15) is 48.5 Å². The third-order valence-corrected chi connectivity index (χ3v) is 6.42. The smallest absolute Gasteiger partial charge is 0.254 e. The molecule has 0 N–H and O–H groups in total. The minimum atomic E-state index is -0.0217. The summed E-state index contributed by atoms with van der Waals surface area (Å²) in [4.78, 5) is 22.6. The number of carbonyl (C=O) groups is 1. The van der Waals surface area contributed by atoms with Gasteiger partial charge in [-0.15, -0.1) is 11.3 Å². The van der Waals surface area contributed by atoms with E-state index in [1.807, 2.05) is 36.6 Å². The van der Waals surface area contributed by atoms with Crippen LogP contribution in [0.5, 0.6) is 0 Å². The van der Waals surface area contributed by atoms with Crippen molar-refractivity contribution in [1.82, 2.24) is 19.9 Å². The van der Waals surface area contributed by atoms with Gasteiger partial charge >= 0.3 is 0 Å². The Hall–Kier alpha value is -2.51. The average Bonchev–Trinajstić information content (AvgIpc) is 3.44. The van der Waals surface area contributed by atoms with Crippen LogP contribution in [0.4, 0.5) is 0 Å². The van der Waals surface area contributed by atoms with Crippen molar-refractivity contribution in [1.29, 1.82) is 0 Å². The molecule has 6 nitrogen and oxygen atoms in total. The summed E-state index contributed by atoms with van der Waals surface area (Å²) >= 11 is 1.56. The molecule has 1 aliphatic rings. The van der Waals surface area contributed by atoms with Gasteiger partial charge in [0.15, 0.2) is 0 Å². The molecule has 0 bridgehead atoms. The predicted octanol–water partition coefficient (Wildman–Crippen LogP) is 4.69.